The van der Waals surface area contributed by atoms with Gasteiger partial charge in [0.2, 0.25) is 0 Å². The van der Waals surface area contributed by atoms with Crippen molar-refractivity contribution in [3.63, 3.8) is 0 Å². The Morgan fingerprint density at radius 2 is 2.05 bits per heavy atom. The van der Waals surface area contributed by atoms with Crippen molar-refractivity contribution in [2.45, 2.75) is 13.5 Å². The lowest BCUT2D eigenvalue weighted by atomic mass is 10.2. The predicted molar refractivity (Wildman–Crippen MR) is 84.9 cm³/mol. The zero-order valence-electron chi connectivity index (χ0n) is 12.1. The molecule has 0 radical (unpaired) electrons. The Bertz CT molecular complexity index is 815. The number of nitrogens with zero attached hydrogens (tertiary/aromatic N) is 4. The largest absolute Gasteiger partial charge is 0.350 e. The maximum Gasteiger partial charge on any atom is 0.290 e. The quantitative estimate of drug-likeness (QED) is 0.800. The highest BCUT2D eigenvalue weighted by Gasteiger charge is 2.10. The molecule has 0 saturated heterocycles. The maximum absolute atomic E-state index is 12.4. The lowest BCUT2D eigenvalue weighted by Crippen LogP contribution is -2.24. The number of rotatable bonds is 4. The van der Waals surface area contributed by atoms with E-state index in [4.69, 9.17) is 0 Å². The second-order valence-corrected chi connectivity index (χ2v) is 4.65. The molecule has 22 heavy (non-hydrogen) atoms. The van der Waals surface area contributed by atoms with E-state index in [1.54, 1.807) is 24.7 Å². The van der Waals surface area contributed by atoms with Gasteiger partial charge < -0.3 is 5.32 Å². The molecule has 0 aliphatic carbocycles. The van der Waals surface area contributed by atoms with Crippen molar-refractivity contribution in [1.82, 2.24) is 19.7 Å². The fourth-order valence-electron chi connectivity index (χ4n) is 2.08. The molecule has 3 aromatic heterocycles. The summed E-state index contributed by atoms with van der Waals surface area (Å²) in [6.45, 7) is 2.37. The van der Waals surface area contributed by atoms with E-state index in [1.165, 1.54) is 4.68 Å². The van der Waals surface area contributed by atoms with Crippen LogP contribution < -0.4 is 10.9 Å². The van der Waals surface area contributed by atoms with Crippen molar-refractivity contribution in [1.29, 1.82) is 0 Å². The van der Waals surface area contributed by atoms with Gasteiger partial charge in [-0.2, -0.15) is 5.10 Å². The zero-order valence-corrected chi connectivity index (χ0v) is 12.1. The second kappa shape index (κ2) is 6.17. The van der Waals surface area contributed by atoms with Gasteiger partial charge in [-0.25, -0.2) is 4.68 Å². The van der Waals surface area contributed by atoms with Crippen molar-refractivity contribution < 1.29 is 0 Å². The molecule has 3 heterocycles. The first-order chi connectivity index (χ1) is 10.8. The number of hydrogen-bond acceptors (Lipinski definition) is 5. The molecule has 0 spiro atoms. The summed E-state index contributed by atoms with van der Waals surface area (Å²) in [5.41, 5.74) is 2.39. The van der Waals surface area contributed by atoms with Crippen LogP contribution in [0.5, 0.6) is 0 Å². The number of anilines is 2. The fourth-order valence-corrected chi connectivity index (χ4v) is 2.08. The number of aromatic nitrogens is 4. The molecule has 0 bridgehead atoms. The molecule has 1 N–H and O–H groups in total. The molecule has 0 saturated carbocycles. The Kier molecular flexibility index (Phi) is 3.91. The first kappa shape index (κ1) is 13.9. The van der Waals surface area contributed by atoms with Crippen LogP contribution in [0.2, 0.25) is 0 Å². The summed E-state index contributed by atoms with van der Waals surface area (Å²) >= 11 is 0. The van der Waals surface area contributed by atoms with E-state index < -0.39 is 0 Å². The Balaban J connectivity index is 2.07. The SMILES string of the molecule is CCn1nc(-c2ccccn2)cc(Nc2cccnc2)c1=O. The van der Waals surface area contributed by atoms with Gasteiger partial charge in [0.25, 0.3) is 5.56 Å². The van der Waals surface area contributed by atoms with Gasteiger partial charge in [-0.3, -0.25) is 14.8 Å². The third-order valence-corrected chi connectivity index (χ3v) is 3.14. The van der Waals surface area contributed by atoms with Crippen molar-refractivity contribution in [3.05, 3.63) is 65.3 Å². The van der Waals surface area contributed by atoms with E-state index in [0.717, 1.165) is 11.4 Å². The third kappa shape index (κ3) is 2.85. The smallest absolute Gasteiger partial charge is 0.290 e. The van der Waals surface area contributed by atoms with Crippen LogP contribution in [-0.2, 0) is 6.54 Å². The molecule has 0 aliphatic heterocycles. The Morgan fingerprint density at radius 3 is 2.73 bits per heavy atom. The fraction of sp³-hybridized carbons (Fsp3) is 0.125. The maximum atomic E-state index is 12.4. The Morgan fingerprint density at radius 1 is 1.14 bits per heavy atom. The van der Waals surface area contributed by atoms with Crippen molar-refractivity contribution >= 4 is 11.4 Å². The number of hydrogen-bond donors (Lipinski definition) is 1. The second-order valence-electron chi connectivity index (χ2n) is 4.65. The van der Waals surface area contributed by atoms with E-state index in [1.807, 2.05) is 37.3 Å². The van der Waals surface area contributed by atoms with Crippen LogP contribution in [0.3, 0.4) is 0 Å². The molecule has 110 valence electrons. The molecule has 3 aromatic rings. The number of pyridine rings is 2. The predicted octanol–water partition coefficient (Wildman–Crippen LogP) is 2.46. The Hall–Kier alpha value is -3.02. The molecular formula is C16H15N5O. The molecule has 0 amide bonds. The van der Waals surface area contributed by atoms with Gasteiger partial charge in [-0.15, -0.1) is 0 Å². The monoisotopic (exact) mass is 293 g/mol. The number of aryl methyl sites for hydroxylation is 1. The molecule has 6 nitrogen and oxygen atoms in total. The summed E-state index contributed by atoms with van der Waals surface area (Å²) in [6, 6.07) is 11.0. The molecular weight excluding hydrogens is 278 g/mol. The van der Waals surface area contributed by atoms with Crippen LogP contribution in [0.1, 0.15) is 6.92 Å². The van der Waals surface area contributed by atoms with Gasteiger partial charge >= 0.3 is 0 Å². The summed E-state index contributed by atoms with van der Waals surface area (Å²) < 4.78 is 1.42. The standard InChI is InChI=1S/C16H15N5O/c1-2-21-16(22)15(19-12-6-5-8-17-11-12)10-14(20-21)13-7-3-4-9-18-13/h3-11,19H,2H2,1H3. The van der Waals surface area contributed by atoms with Gasteiger partial charge in [0, 0.05) is 18.9 Å². The minimum absolute atomic E-state index is 0.175. The molecule has 6 heteroatoms. The average molecular weight is 293 g/mol. The zero-order chi connectivity index (χ0) is 15.4. The van der Waals surface area contributed by atoms with Crippen LogP contribution in [0.25, 0.3) is 11.4 Å². The summed E-state index contributed by atoms with van der Waals surface area (Å²) in [5.74, 6) is 0. The van der Waals surface area contributed by atoms with E-state index in [9.17, 15) is 4.79 Å². The summed E-state index contributed by atoms with van der Waals surface area (Å²) in [7, 11) is 0. The lowest BCUT2D eigenvalue weighted by Gasteiger charge is -2.10. The van der Waals surface area contributed by atoms with Gasteiger partial charge in [-0.1, -0.05) is 6.07 Å². The van der Waals surface area contributed by atoms with E-state index >= 15 is 0 Å². The molecule has 0 aromatic carbocycles. The normalized spacial score (nSPS) is 10.4. The first-order valence-electron chi connectivity index (χ1n) is 6.98. The topological polar surface area (TPSA) is 72.7 Å². The summed E-state index contributed by atoms with van der Waals surface area (Å²) in [4.78, 5) is 20.7. The summed E-state index contributed by atoms with van der Waals surface area (Å²) in [5, 5.41) is 7.44. The molecule has 0 unspecified atom stereocenters. The number of nitrogens with one attached hydrogen (secondary N) is 1. The van der Waals surface area contributed by atoms with Gasteiger partial charge in [0.05, 0.1) is 17.6 Å². The van der Waals surface area contributed by atoms with Crippen molar-refractivity contribution in [2.75, 3.05) is 5.32 Å². The minimum atomic E-state index is -0.175. The highest BCUT2D eigenvalue weighted by atomic mass is 16.1. The van der Waals surface area contributed by atoms with Crippen LogP contribution in [-0.4, -0.2) is 19.7 Å². The third-order valence-electron chi connectivity index (χ3n) is 3.14. The molecule has 0 aliphatic rings. The van der Waals surface area contributed by atoms with Crippen LogP contribution in [0.15, 0.2) is 59.8 Å². The molecule has 3 rings (SSSR count). The van der Waals surface area contributed by atoms with Crippen molar-refractivity contribution in [3.8, 4) is 11.4 Å². The molecule has 0 fully saturated rings. The van der Waals surface area contributed by atoms with Gasteiger partial charge in [-0.05, 0) is 37.3 Å². The van der Waals surface area contributed by atoms with Gasteiger partial charge in [0.1, 0.15) is 11.4 Å². The average Bonchev–Trinajstić information content (AvgIpc) is 2.58. The minimum Gasteiger partial charge on any atom is -0.350 e. The first-order valence-corrected chi connectivity index (χ1v) is 6.98. The van der Waals surface area contributed by atoms with Gasteiger partial charge in [0.15, 0.2) is 0 Å². The van der Waals surface area contributed by atoms with Crippen molar-refractivity contribution in [2.24, 2.45) is 0 Å². The highest BCUT2D eigenvalue weighted by Crippen LogP contribution is 2.18. The van der Waals surface area contributed by atoms with Crippen LogP contribution >= 0.6 is 0 Å². The van der Waals surface area contributed by atoms with E-state index in [2.05, 4.69) is 20.4 Å². The van der Waals surface area contributed by atoms with E-state index in [0.29, 0.717) is 17.9 Å². The highest BCUT2D eigenvalue weighted by molar-refractivity contribution is 5.64. The molecule has 0 atom stereocenters. The summed E-state index contributed by atoms with van der Waals surface area (Å²) in [6.07, 6.45) is 5.05. The van der Waals surface area contributed by atoms with E-state index in [-0.39, 0.29) is 5.56 Å². The lowest BCUT2D eigenvalue weighted by molar-refractivity contribution is 0.620. The van der Waals surface area contributed by atoms with Crippen LogP contribution in [0, 0.1) is 0 Å². The van der Waals surface area contributed by atoms with Crippen LogP contribution in [0.4, 0.5) is 11.4 Å². The Labute approximate surface area is 127 Å².